The summed E-state index contributed by atoms with van der Waals surface area (Å²) < 4.78 is 0. The van der Waals surface area contributed by atoms with Crippen LogP contribution in [0, 0.1) is 12.3 Å². The molecule has 3 aromatic heterocycles. The number of amides is 3. The number of fused-ring (bicyclic) bond motifs is 1. The number of H-pyrrole nitrogens is 1. The van der Waals surface area contributed by atoms with Crippen LogP contribution < -0.4 is 16.0 Å². The van der Waals surface area contributed by atoms with Gasteiger partial charge in [0.05, 0.1) is 45.1 Å². The van der Waals surface area contributed by atoms with E-state index in [1.54, 1.807) is 17.5 Å². The lowest BCUT2D eigenvalue weighted by molar-refractivity contribution is -0.144. The van der Waals surface area contributed by atoms with Gasteiger partial charge in [-0.15, -0.1) is 11.3 Å². The molecule has 0 bridgehead atoms. The summed E-state index contributed by atoms with van der Waals surface area (Å²) in [6, 6.07) is 14.3. The Kier molecular flexibility index (Phi) is 14.1. The molecule has 13 nitrogen and oxygen atoms in total. The lowest BCUT2D eigenvalue weighted by atomic mass is 9.85. The number of likely N-dealkylation sites (tertiary alicyclic amines) is 2. The highest BCUT2D eigenvalue weighted by molar-refractivity contribution is 7.13. The van der Waals surface area contributed by atoms with E-state index in [-0.39, 0.29) is 42.8 Å². The maximum atomic E-state index is 14.1. The van der Waals surface area contributed by atoms with Crippen molar-refractivity contribution in [2.45, 2.75) is 110 Å². The maximum Gasteiger partial charge on any atom is 0.246 e. The van der Waals surface area contributed by atoms with Crippen LogP contribution in [0.4, 0.5) is 5.95 Å². The maximum absolute atomic E-state index is 14.1. The molecule has 7 rings (SSSR count). The topological polar surface area (TPSA) is 168 Å². The van der Waals surface area contributed by atoms with E-state index in [1.165, 1.54) is 4.90 Å². The van der Waals surface area contributed by atoms with E-state index < -0.39 is 23.6 Å². The molecule has 0 radical (unpaired) electrons. The third-order valence-electron chi connectivity index (χ3n) is 11.9. The SMILES string of the molecule is Cc1ncsc1-c1ccc([C@H](C)NC(=O)[C@@H]2C[C@@H](O)CN2C(=O)[C@@H](NC(=O)CCCCCN2CCC[C@@H](Nc3ncc(Cl)c(-c4c[nH]c5ccccc45)n3)C2)C(C)(C)C)cc1. The van der Waals surface area contributed by atoms with Crippen LogP contribution in [0.25, 0.3) is 32.6 Å². The number of nitrogens with one attached hydrogen (secondary N) is 4. The van der Waals surface area contributed by atoms with Gasteiger partial charge >= 0.3 is 0 Å². The van der Waals surface area contributed by atoms with Crippen molar-refractivity contribution in [2.24, 2.45) is 5.41 Å². The van der Waals surface area contributed by atoms with Crippen LogP contribution in [0.15, 0.2) is 66.4 Å². The van der Waals surface area contributed by atoms with Gasteiger partial charge in [0, 0.05) is 54.6 Å². The molecule has 2 fully saturated rings. The first-order valence-corrected chi connectivity index (χ1v) is 22.7. The van der Waals surface area contributed by atoms with Gasteiger partial charge in [0.25, 0.3) is 0 Å². The van der Waals surface area contributed by atoms with Gasteiger partial charge in [0.1, 0.15) is 12.1 Å². The number of anilines is 1. The number of carbonyl (C=O) groups is 3. The number of hydrogen-bond acceptors (Lipinski definition) is 10. The van der Waals surface area contributed by atoms with Gasteiger partial charge in [0.2, 0.25) is 23.7 Å². The highest BCUT2D eigenvalue weighted by Gasteiger charge is 2.44. The Balaban J connectivity index is 0.864. The molecule has 0 aliphatic carbocycles. The highest BCUT2D eigenvalue weighted by atomic mass is 35.5. The molecule has 2 aromatic carbocycles. The van der Waals surface area contributed by atoms with E-state index in [0.29, 0.717) is 29.5 Å². The monoisotopic (exact) mass is 867 g/mol. The number of hydrogen-bond donors (Lipinski definition) is 5. The molecule has 0 unspecified atom stereocenters. The number of aromatic amines is 1. The average Bonchev–Trinajstić information content (AvgIpc) is 3.98. The Bertz CT molecular complexity index is 2310. The van der Waals surface area contributed by atoms with E-state index in [4.69, 9.17) is 16.6 Å². The van der Waals surface area contributed by atoms with Crippen LogP contribution >= 0.6 is 22.9 Å². The number of nitrogens with zero attached hydrogens (tertiary/aromatic N) is 5. The Morgan fingerprint density at radius 2 is 1.82 bits per heavy atom. The quantitative estimate of drug-likeness (QED) is 0.0669. The Labute approximate surface area is 367 Å². The molecule has 2 aliphatic heterocycles. The van der Waals surface area contributed by atoms with Crippen molar-refractivity contribution >= 4 is 57.5 Å². The van der Waals surface area contributed by atoms with Crippen LogP contribution in [-0.2, 0) is 14.4 Å². The number of aliphatic hydroxyl groups is 1. The largest absolute Gasteiger partial charge is 0.391 e. The van der Waals surface area contributed by atoms with Gasteiger partial charge in [-0.05, 0) is 75.2 Å². The first-order valence-electron chi connectivity index (χ1n) is 21.4. The van der Waals surface area contributed by atoms with Crippen molar-refractivity contribution in [2.75, 3.05) is 31.5 Å². The number of unbranched alkanes of at least 4 members (excludes halogenated alkanes) is 2. The van der Waals surface area contributed by atoms with Crippen LogP contribution in [0.1, 0.15) is 89.9 Å². The van der Waals surface area contributed by atoms with E-state index in [0.717, 1.165) is 83.5 Å². The van der Waals surface area contributed by atoms with Crippen molar-refractivity contribution in [1.29, 1.82) is 0 Å². The van der Waals surface area contributed by atoms with Crippen molar-refractivity contribution < 1.29 is 19.5 Å². The minimum atomic E-state index is -0.860. The third-order valence-corrected chi connectivity index (χ3v) is 13.1. The molecule has 3 amide bonds. The van der Waals surface area contributed by atoms with Gasteiger partial charge in [-0.25, -0.2) is 15.0 Å². The lowest BCUT2D eigenvalue weighted by Gasteiger charge is -2.35. The molecular formula is C46H58ClN9O4S. The number of carbonyl (C=O) groups excluding carboxylic acids is 3. The summed E-state index contributed by atoms with van der Waals surface area (Å²) in [5, 5.41) is 21.8. The molecule has 5 aromatic rings. The van der Waals surface area contributed by atoms with E-state index in [1.807, 2.05) is 88.8 Å². The smallest absolute Gasteiger partial charge is 0.246 e. The summed E-state index contributed by atoms with van der Waals surface area (Å²) in [6.45, 7) is 12.4. The number of para-hydroxylation sites is 1. The number of aliphatic hydroxyl groups excluding tert-OH is 1. The van der Waals surface area contributed by atoms with Gasteiger partial charge in [0.15, 0.2) is 0 Å². The van der Waals surface area contributed by atoms with Crippen molar-refractivity contribution in [3.63, 3.8) is 0 Å². The van der Waals surface area contributed by atoms with Gasteiger partial charge in [-0.3, -0.25) is 14.4 Å². The molecule has 15 heteroatoms. The highest BCUT2D eigenvalue weighted by Crippen LogP contribution is 2.33. The normalized spacial score (nSPS) is 19.5. The van der Waals surface area contributed by atoms with Crippen molar-refractivity contribution in [3.05, 3.63) is 82.7 Å². The molecule has 0 spiro atoms. The molecular weight excluding hydrogens is 810 g/mol. The number of aryl methyl sites for hydroxylation is 1. The fourth-order valence-corrected chi connectivity index (χ4v) is 9.50. The zero-order valence-electron chi connectivity index (χ0n) is 35.7. The van der Waals surface area contributed by atoms with Gasteiger partial charge in [-0.2, -0.15) is 0 Å². The minimum absolute atomic E-state index is 0.0301. The minimum Gasteiger partial charge on any atom is -0.391 e. The third kappa shape index (κ3) is 10.8. The van der Waals surface area contributed by atoms with Gasteiger partial charge < -0.3 is 35.8 Å². The lowest BCUT2D eigenvalue weighted by Crippen LogP contribution is -2.57. The number of thiazole rings is 1. The molecule has 61 heavy (non-hydrogen) atoms. The summed E-state index contributed by atoms with van der Waals surface area (Å²) in [5.74, 6) is -0.328. The predicted octanol–water partition coefficient (Wildman–Crippen LogP) is 7.52. The second-order valence-electron chi connectivity index (χ2n) is 17.6. The number of halogens is 1. The molecule has 324 valence electrons. The Hall–Kier alpha value is -4.89. The zero-order chi connectivity index (χ0) is 43.3. The number of rotatable bonds is 15. The second kappa shape index (κ2) is 19.4. The molecule has 2 saturated heterocycles. The van der Waals surface area contributed by atoms with Crippen LogP contribution in [0.2, 0.25) is 5.02 Å². The number of aromatic nitrogens is 4. The fraction of sp³-hybridized carbons (Fsp3) is 0.478. The molecule has 2 aliphatic rings. The molecule has 5 N–H and O–H groups in total. The summed E-state index contributed by atoms with van der Waals surface area (Å²) in [6.07, 6.45) is 7.76. The fourth-order valence-electron chi connectivity index (χ4n) is 8.50. The van der Waals surface area contributed by atoms with E-state index in [9.17, 15) is 19.5 Å². The zero-order valence-corrected chi connectivity index (χ0v) is 37.3. The first-order chi connectivity index (χ1) is 29.2. The second-order valence-corrected chi connectivity index (χ2v) is 18.9. The van der Waals surface area contributed by atoms with Crippen LogP contribution in [0.3, 0.4) is 0 Å². The van der Waals surface area contributed by atoms with Crippen LogP contribution in [-0.4, -0.2) is 103 Å². The summed E-state index contributed by atoms with van der Waals surface area (Å²) >= 11 is 8.16. The van der Waals surface area contributed by atoms with E-state index >= 15 is 0 Å². The molecule has 0 saturated carbocycles. The standard InChI is InChI=1S/C46H58ClN9O4S/c1-28(30-16-18-31(19-17-30)41-29(2)50-27-61-41)51-43(59)38-22-33(57)26-56(38)44(60)42(46(3,4)5)53-39(58)15-7-6-10-20-55-21-11-12-32(25-55)52-45-49-24-36(47)40(54-45)35-23-48-37-14-9-8-13-34(35)37/h8-9,13-14,16-19,23-24,27-28,32-33,38,42,48,57H,6-7,10-12,15,20-22,25-26H2,1-5H3,(H,51,59)(H,53,58)(H,49,52,54)/t28-,32+,33+,38-,42+/m0/s1. The number of β-amino-alcohol motifs (C(OH)–C–C–N with tert-alkyl or cyclic N) is 1. The summed E-state index contributed by atoms with van der Waals surface area (Å²) in [4.78, 5) is 63.1. The summed E-state index contributed by atoms with van der Waals surface area (Å²) in [5.41, 5.74) is 6.83. The van der Waals surface area contributed by atoms with E-state index in [2.05, 4.69) is 41.9 Å². The number of piperidine rings is 1. The molecule has 5 heterocycles. The molecule has 5 atom stereocenters. The number of benzene rings is 2. The Morgan fingerprint density at radius 3 is 2.57 bits per heavy atom. The van der Waals surface area contributed by atoms with Gasteiger partial charge in [-0.1, -0.05) is 81.3 Å². The predicted molar refractivity (Wildman–Crippen MR) is 242 cm³/mol. The van der Waals surface area contributed by atoms with Crippen molar-refractivity contribution in [3.8, 4) is 21.7 Å². The Morgan fingerprint density at radius 1 is 1.03 bits per heavy atom. The first kappa shape index (κ1) is 44.2. The average molecular weight is 869 g/mol. The summed E-state index contributed by atoms with van der Waals surface area (Å²) in [7, 11) is 0. The van der Waals surface area contributed by atoms with Crippen molar-refractivity contribution in [1.82, 2.24) is 40.4 Å². The van der Waals surface area contributed by atoms with Crippen LogP contribution in [0.5, 0.6) is 0 Å².